The van der Waals surface area contributed by atoms with Crippen LogP contribution in [0.25, 0.3) is 0 Å². The van der Waals surface area contributed by atoms with Gasteiger partial charge in [0.25, 0.3) is 0 Å². The molecule has 0 aliphatic heterocycles. The number of rotatable bonds is 9. The lowest BCUT2D eigenvalue weighted by Gasteiger charge is -2.24. The van der Waals surface area contributed by atoms with Gasteiger partial charge in [-0.1, -0.05) is 55.5 Å². The fourth-order valence-electron chi connectivity index (χ4n) is 3.39. The number of nitrogens with zero attached hydrogens (tertiary/aromatic N) is 1. The lowest BCUT2D eigenvalue weighted by Crippen LogP contribution is -2.38. The summed E-state index contributed by atoms with van der Waals surface area (Å²) in [5.74, 6) is 0.449. The quantitative estimate of drug-likeness (QED) is 0.435. The molecule has 3 rings (SSSR count). The number of anilines is 2. The second-order valence-corrected chi connectivity index (χ2v) is 10.5. The molecule has 0 unspecified atom stereocenters. The summed E-state index contributed by atoms with van der Waals surface area (Å²) < 4.78 is 26.0. The van der Waals surface area contributed by atoms with Gasteiger partial charge in [0.1, 0.15) is 6.54 Å². The van der Waals surface area contributed by atoms with Gasteiger partial charge in [-0.15, -0.1) is 11.8 Å². The Balaban J connectivity index is 1.70. The topological polar surface area (TPSA) is 66.5 Å². The van der Waals surface area contributed by atoms with E-state index < -0.39 is 10.0 Å². The first-order chi connectivity index (χ1) is 15.3. The molecule has 3 aromatic rings. The van der Waals surface area contributed by atoms with E-state index in [0.29, 0.717) is 17.8 Å². The first-order valence-corrected chi connectivity index (χ1v) is 13.2. The number of hydrogen-bond donors (Lipinski definition) is 1. The summed E-state index contributed by atoms with van der Waals surface area (Å²) >= 11 is 1.75. The lowest BCUT2D eigenvalue weighted by molar-refractivity contribution is -0.114. The molecule has 0 spiro atoms. The van der Waals surface area contributed by atoms with Crippen molar-refractivity contribution in [2.45, 2.75) is 30.9 Å². The molecule has 3 aromatic carbocycles. The van der Waals surface area contributed by atoms with E-state index in [1.807, 2.05) is 62.4 Å². The first-order valence-electron chi connectivity index (χ1n) is 10.4. The zero-order chi connectivity index (χ0) is 23.1. The van der Waals surface area contributed by atoms with E-state index >= 15 is 0 Å². The van der Waals surface area contributed by atoms with Crippen molar-refractivity contribution in [1.29, 1.82) is 0 Å². The van der Waals surface area contributed by atoms with Gasteiger partial charge >= 0.3 is 0 Å². The van der Waals surface area contributed by atoms with E-state index in [-0.39, 0.29) is 12.5 Å². The highest BCUT2D eigenvalue weighted by Gasteiger charge is 2.23. The standard InChI is InChI=1S/C25H28N2O3S2/c1-4-21-10-8-9-13-24(21)27(32(3,29)30)17-25(28)26-23-15-14-20(16-19(23)2)18-31-22-11-6-5-7-12-22/h5-16H,4,17-18H2,1-3H3,(H,26,28). The molecule has 0 saturated heterocycles. The summed E-state index contributed by atoms with van der Waals surface area (Å²) in [4.78, 5) is 14.0. The minimum atomic E-state index is -3.62. The average molecular weight is 469 g/mol. The Morgan fingerprint density at radius 3 is 2.34 bits per heavy atom. The summed E-state index contributed by atoms with van der Waals surface area (Å²) in [6, 6.07) is 23.4. The predicted octanol–water partition coefficient (Wildman–Crippen LogP) is 5.25. The minimum absolute atomic E-state index is 0.277. The highest BCUT2D eigenvalue weighted by molar-refractivity contribution is 7.98. The molecule has 0 fully saturated rings. The summed E-state index contributed by atoms with van der Waals surface area (Å²) in [6.45, 7) is 3.62. The van der Waals surface area contributed by atoms with E-state index in [1.54, 1.807) is 23.9 Å². The maximum atomic E-state index is 12.8. The average Bonchev–Trinajstić information content (AvgIpc) is 2.77. The molecule has 0 aliphatic rings. The van der Waals surface area contributed by atoms with Crippen molar-refractivity contribution in [3.05, 3.63) is 89.5 Å². The van der Waals surface area contributed by atoms with Crippen molar-refractivity contribution >= 4 is 39.1 Å². The molecule has 168 valence electrons. The van der Waals surface area contributed by atoms with Crippen LogP contribution in [0.5, 0.6) is 0 Å². The fraction of sp³-hybridized carbons (Fsp3) is 0.240. The number of benzene rings is 3. The van der Waals surface area contributed by atoms with Crippen LogP contribution in [-0.2, 0) is 27.0 Å². The van der Waals surface area contributed by atoms with Crippen LogP contribution >= 0.6 is 11.8 Å². The third-order valence-electron chi connectivity index (χ3n) is 5.04. The van der Waals surface area contributed by atoms with Gasteiger partial charge in [-0.2, -0.15) is 0 Å². The van der Waals surface area contributed by atoms with Crippen molar-refractivity contribution in [2.24, 2.45) is 0 Å². The Hall–Kier alpha value is -2.77. The molecule has 0 bridgehead atoms. The number of amides is 1. The third kappa shape index (κ3) is 6.37. The molecule has 5 nitrogen and oxygen atoms in total. The molecule has 0 aliphatic carbocycles. The summed E-state index contributed by atoms with van der Waals surface area (Å²) in [6.07, 6.45) is 1.79. The smallest absolute Gasteiger partial charge is 0.245 e. The number of thioether (sulfide) groups is 1. The Morgan fingerprint density at radius 2 is 1.69 bits per heavy atom. The van der Waals surface area contributed by atoms with Crippen molar-refractivity contribution in [3.63, 3.8) is 0 Å². The van der Waals surface area contributed by atoms with Gasteiger partial charge in [0, 0.05) is 16.3 Å². The third-order valence-corrected chi connectivity index (χ3v) is 7.25. The van der Waals surface area contributed by atoms with Crippen molar-refractivity contribution < 1.29 is 13.2 Å². The number of carbonyl (C=O) groups is 1. The molecule has 1 amide bonds. The van der Waals surface area contributed by atoms with Gasteiger partial charge in [-0.3, -0.25) is 9.10 Å². The molecular weight excluding hydrogens is 440 g/mol. The normalized spacial score (nSPS) is 11.2. The van der Waals surface area contributed by atoms with Crippen LogP contribution in [0.1, 0.15) is 23.6 Å². The van der Waals surface area contributed by atoms with Crippen LogP contribution in [0.2, 0.25) is 0 Å². The van der Waals surface area contributed by atoms with Crippen LogP contribution < -0.4 is 9.62 Å². The van der Waals surface area contributed by atoms with Gasteiger partial charge in [-0.25, -0.2) is 8.42 Å². The Morgan fingerprint density at radius 1 is 1.00 bits per heavy atom. The molecule has 0 radical (unpaired) electrons. The van der Waals surface area contributed by atoms with Crippen LogP contribution in [0.4, 0.5) is 11.4 Å². The number of carbonyl (C=O) groups excluding carboxylic acids is 1. The molecule has 32 heavy (non-hydrogen) atoms. The Kier molecular flexibility index (Phi) is 7.99. The molecule has 7 heteroatoms. The predicted molar refractivity (Wildman–Crippen MR) is 134 cm³/mol. The second kappa shape index (κ2) is 10.7. The molecule has 0 atom stereocenters. The Bertz CT molecular complexity index is 1180. The number of hydrogen-bond acceptors (Lipinski definition) is 4. The van der Waals surface area contributed by atoms with Gasteiger partial charge in [0.15, 0.2) is 0 Å². The summed E-state index contributed by atoms with van der Waals surface area (Å²) in [7, 11) is -3.62. The van der Waals surface area contributed by atoms with Crippen LogP contribution in [0, 0.1) is 6.92 Å². The van der Waals surface area contributed by atoms with Gasteiger partial charge in [0.05, 0.1) is 11.9 Å². The van der Waals surface area contributed by atoms with Crippen molar-refractivity contribution in [1.82, 2.24) is 0 Å². The second-order valence-electron chi connectivity index (χ2n) is 7.55. The first kappa shape index (κ1) is 23.9. The summed E-state index contributed by atoms with van der Waals surface area (Å²) in [5.41, 5.74) is 4.19. The number of aryl methyl sites for hydroxylation is 2. The molecule has 1 N–H and O–H groups in total. The van der Waals surface area contributed by atoms with E-state index in [1.165, 1.54) is 9.20 Å². The number of para-hydroxylation sites is 1. The highest BCUT2D eigenvalue weighted by Crippen LogP contribution is 2.26. The van der Waals surface area contributed by atoms with Crippen molar-refractivity contribution in [3.8, 4) is 0 Å². The zero-order valence-corrected chi connectivity index (χ0v) is 20.2. The van der Waals surface area contributed by atoms with E-state index in [0.717, 1.165) is 28.7 Å². The van der Waals surface area contributed by atoms with Gasteiger partial charge in [0.2, 0.25) is 15.9 Å². The number of nitrogens with one attached hydrogen (secondary N) is 1. The van der Waals surface area contributed by atoms with Crippen LogP contribution in [-0.4, -0.2) is 27.1 Å². The monoisotopic (exact) mass is 468 g/mol. The number of sulfonamides is 1. The lowest BCUT2D eigenvalue weighted by atomic mass is 10.1. The van der Waals surface area contributed by atoms with Gasteiger partial charge < -0.3 is 5.32 Å². The zero-order valence-electron chi connectivity index (χ0n) is 18.5. The van der Waals surface area contributed by atoms with E-state index in [2.05, 4.69) is 17.4 Å². The Labute approximate surface area is 194 Å². The fourth-order valence-corrected chi connectivity index (χ4v) is 5.14. The molecule has 0 aromatic heterocycles. The van der Waals surface area contributed by atoms with Crippen LogP contribution in [0.3, 0.4) is 0 Å². The summed E-state index contributed by atoms with van der Waals surface area (Å²) in [5, 5.41) is 2.87. The van der Waals surface area contributed by atoms with Gasteiger partial charge in [-0.05, 0) is 54.3 Å². The van der Waals surface area contributed by atoms with E-state index in [4.69, 9.17) is 0 Å². The molecular formula is C25H28N2O3S2. The maximum Gasteiger partial charge on any atom is 0.245 e. The van der Waals surface area contributed by atoms with E-state index in [9.17, 15) is 13.2 Å². The van der Waals surface area contributed by atoms with Crippen LogP contribution in [0.15, 0.2) is 77.7 Å². The maximum absolute atomic E-state index is 12.8. The largest absolute Gasteiger partial charge is 0.324 e. The molecule has 0 saturated carbocycles. The minimum Gasteiger partial charge on any atom is -0.324 e. The van der Waals surface area contributed by atoms with Crippen molar-refractivity contribution in [2.75, 3.05) is 22.4 Å². The highest BCUT2D eigenvalue weighted by atomic mass is 32.2. The molecule has 0 heterocycles. The SMILES string of the molecule is CCc1ccccc1N(CC(=O)Nc1ccc(CSc2ccccc2)cc1C)S(C)(=O)=O.